The van der Waals surface area contributed by atoms with Crippen molar-refractivity contribution in [3.63, 3.8) is 0 Å². The van der Waals surface area contributed by atoms with Gasteiger partial charge in [-0.1, -0.05) is 12.5 Å². The number of hydrogen-bond donors (Lipinski definition) is 1. The zero-order valence-electron chi connectivity index (χ0n) is 15.6. The second-order valence-corrected chi connectivity index (χ2v) is 7.80. The smallest absolute Gasteiger partial charge is 0.396 e. The predicted octanol–water partition coefficient (Wildman–Crippen LogP) is 3.18. The van der Waals surface area contributed by atoms with Crippen LogP contribution in [-0.2, 0) is 6.18 Å². The Morgan fingerprint density at radius 3 is 2.44 bits per heavy atom. The van der Waals surface area contributed by atoms with E-state index in [1.54, 1.807) is 11.8 Å². The standard InChI is InChI=1S/C20H27F3N2O2/c1-14-5-6-17(20(21,22)23)9-18(14)19(27)25-11-15(16(12-25)13-26)10-24-7-3-2-4-8-24/h5-6,9,15-16,26H,2-4,7-8,10-13H2,1H3/t15-,16-/m1/s1. The molecule has 1 N–H and O–H groups in total. The minimum absolute atomic E-state index is 0.0101. The van der Waals surface area contributed by atoms with E-state index < -0.39 is 11.7 Å². The van der Waals surface area contributed by atoms with E-state index >= 15 is 0 Å². The number of rotatable bonds is 4. The van der Waals surface area contributed by atoms with Crippen molar-refractivity contribution in [1.29, 1.82) is 0 Å². The Morgan fingerprint density at radius 1 is 1.15 bits per heavy atom. The molecule has 3 rings (SSSR count). The summed E-state index contributed by atoms with van der Waals surface area (Å²) >= 11 is 0. The van der Waals surface area contributed by atoms with Gasteiger partial charge in [0.15, 0.2) is 0 Å². The Morgan fingerprint density at radius 2 is 1.81 bits per heavy atom. The summed E-state index contributed by atoms with van der Waals surface area (Å²) in [6.45, 7) is 5.42. The molecule has 2 saturated heterocycles. The van der Waals surface area contributed by atoms with Crippen LogP contribution in [-0.4, -0.2) is 60.1 Å². The third-order valence-corrected chi connectivity index (χ3v) is 5.83. The van der Waals surface area contributed by atoms with Gasteiger partial charge in [0.2, 0.25) is 0 Å². The average Bonchev–Trinajstić information content (AvgIpc) is 3.04. The molecule has 27 heavy (non-hydrogen) atoms. The highest BCUT2D eigenvalue weighted by Crippen LogP contribution is 2.32. The van der Waals surface area contributed by atoms with E-state index in [0.29, 0.717) is 18.7 Å². The Labute approximate surface area is 158 Å². The summed E-state index contributed by atoms with van der Waals surface area (Å²) in [6, 6.07) is 3.30. The number of piperidine rings is 1. The Bertz CT molecular complexity index is 672. The van der Waals surface area contributed by atoms with Crippen LogP contribution in [0.4, 0.5) is 13.2 Å². The Hall–Kier alpha value is -1.60. The van der Waals surface area contributed by atoms with E-state index in [0.717, 1.165) is 31.8 Å². The topological polar surface area (TPSA) is 43.8 Å². The number of benzene rings is 1. The van der Waals surface area contributed by atoms with Crippen molar-refractivity contribution < 1.29 is 23.1 Å². The Balaban J connectivity index is 1.73. The molecular formula is C20H27F3N2O2. The number of halogens is 3. The first-order valence-electron chi connectivity index (χ1n) is 9.60. The number of hydrogen-bond acceptors (Lipinski definition) is 3. The zero-order valence-corrected chi connectivity index (χ0v) is 15.6. The molecule has 0 aliphatic carbocycles. The van der Waals surface area contributed by atoms with Gasteiger partial charge in [-0.05, 0) is 56.5 Å². The normalized spacial score (nSPS) is 24.4. The number of carbonyl (C=O) groups excluding carboxylic acids is 1. The largest absolute Gasteiger partial charge is 0.416 e. The van der Waals surface area contributed by atoms with Gasteiger partial charge >= 0.3 is 6.18 Å². The van der Waals surface area contributed by atoms with Crippen LogP contribution < -0.4 is 0 Å². The summed E-state index contributed by atoms with van der Waals surface area (Å²) in [4.78, 5) is 16.9. The van der Waals surface area contributed by atoms with Crippen LogP contribution in [0, 0.1) is 18.8 Å². The molecule has 1 aromatic carbocycles. The summed E-state index contributed by atoms with van der Waals surface area (Å²) < 4.78 is 39.0. The summed E-state index contributed by atoms with van der Waals surface area (Å²) in [7, 11) is 0. The molecule has 2 atom stereocenters. The van der Waals surface area contributed by atoms with Crippen molar-refractivity contribution in [2.75, 3.05) is 39.3 Å². The molecule has 0 spiro atoms. The minimum atomic E-state index is -4.47. The molecule has 1 amide bonds. The number of nitrogens with zero attached hydrogens (tertiary/aromatic N) is 2. The van der Waals surface area contributed by atoms with Crippen LogP contribution in [0.1, 0.15) is 40.7 Å². The van der Waals surface area contributed by atoms with Gasteiger partial charge in [0.05, 0.1) is 5.56 Å². The van der Waals surface area contributed by atoms with Crippen LogP contribution in [0.25, 0.3) is 0 Å². The van der Waals surface area contributed by atoms with E-state index in [2.05, 4.69) is 4.90 Å². The van der Waals surface area contributed by atoms with Crippen molar-refractivity contribution in [1.82, 2.24) is 9.80 Å². The first-order chi connectivity index (χ1) is 12.8. The maximum atomic E-state index is 13.0. The third-order valence-electron chi connectivity index (χ3n) is 5.83. The van der Waals surface area contributed by atoms with Crippen LogP contribution >= 0.6 is 0 Å². The van der Waals surface area contributed by atoms with Crippen LogP contribution in [0.2, 0.25) is 0 Å². The quantitative estimate of drug-likeness (QED) is 0.867. The zero-order chi connectivity index (χ0) is 19.6. The van der Waals surface area contributed by atoms with Crippen LogP contribution in [0.3, 0.4) is 0 Å². The monoisotopic (exact) mass is 384 g/mol. The fourth-order valence-corrected chi connectivity index (χ4v) is 4.19. The number of amides is 1. The lowest BCUT2D eigenvalue weighted by Gasteiger charge is -2.30. The third kappa shape index (κ3) is 4.63. The molecule has 2 aliphatic heterocycles. The molecule has 0 unspecified atom stereocenters. The SMILES string of the molecule is Cc1ccc(C(F)(F)F)cc1C(=O)N1C[C@@H](CN2CCCCC2)[C@@H](CO)C1. The molecule has 7 heteroatoms. The van der Waals surface area contributed by atoms with Gasteiger partial charge < -0.3 is 14.9 Å². The fraction of sp³-hybridized carbons (Fsp3) is 0.650. The number of aryl methyl sites for hydroxylation is 1. The molecule has 4 nitrogen and oxygen atoms in total. The van der Waals surface area contributed by atoms with E-state index in [4.69, 9.17) is 0 Å². The summed E-state index contributed by atoms with van der Waals surface area (Å²) in [5, 5.41) is 9.74. The summed E-state index contributed by atoms with van der Waals surface area (Å²) in [6.07, 6.45) is -0.895. The van der Waals surface area contributed by atoms with Crippen molar-refractivity contribution in [3.05, 3.63) is 34.9 Å². The number of aliphatic hydroxyl groups is 1. The molecule has 1 aromatic rings. The van der Waals surface area contributed by atoms with Crippen LogP contribution in [0.15, 0.2) is 18.2 Å². The van der Waals surface area contributed by atoms with E-state index in [1.165, 1.54) is 25.3 Å². The first-order valence-corrected chi connectivity index (χ1v) is 9.60. The van der Waals surface area contributed by atoms with Gasteiger partial charge in [-0.2, -0.15) is 13.2 Å². The average molecular weight is 384 g/mol. The van der Waals surface area contributed by atoms with Gasteiger partial charge in [-0.25, -0.2) is 0 Å². The lowest BCUT2D eigenvalue weighted by Crippen LogP contribution is -2.37. The van der Waals surface area contributed by atoms with Gasteiger partial charge in [0, 0.05) is 37.7 Å². The van der Waals surface area contributed by atoms with Crippen LogP contribution in [0.5, 0.6) is 0 Å². The molecule has 0 saturated carbocycles. The lowest BCUT2D eigenvalue weighted by molar-refractivity contribution is -0.137. The second-order valence-electron chi connectivity index (χ2n) is 7.80. The first kappa shape index (κ1) is 20.1. The highest BCUT2D eigenvalue weighted by atomic mass is 19.4. The van der Waals surface area contributed by atoms with Crippen molar-refractivity contribution in [2.45, 2.75) is 32.4 Å². The van der Waals surface area contributed by atoms with Gasteiger partial charge in [0.1, 0.15) is 0 Å². The van der Waals surface area contributed by atoms with Gasteiger partial charge in [-0.15, -0.1) is 0 Å². The molecule has 0 bridgehead atoms. The molecule has 2 fully saturated rings. The number of alkyl halides is 3. The maximum absolute atomic E-state index is 13.0. The number of likely N-dealkylation sites (tertiary alicyclic amines) is 2. The molecule has 2 aliphatic rings. The van der Waals surface area contributed by atoms with Gasteiger partial charge in [-0.3, -0.25) is 4.79 Å². The van der Waals surface area contributed by atoms with E-state index in [-0.39, 0.29) is 29.9 Å². The number of carbonyl (C=O) groups is 1. The van der Waals surface area contributed by atoms with Crippen molar-refractivity contribution >= 4 is 5.91 Å². The predicted molar refractivity (Wildman–Crippen MR) is 96.4 cm³/mol. The maximum Gasteiger partial charge on any atom is 0.416 e. The van der Waals surface area contributed by atoms with E-state index in [1.807, 2.05) is 0 Å². The summed E-state index contributed by atoms with van der Waals surface area (Å²) in [5.41, 5.74) is -0.174. The highest BCUT2D eigenvalue weighted by Gasteiger charge is 2.37. The fourth-order valence-electron chi connectivity index (χ4n) is 4.19. The second kappa shape index (κ2) is 8.19. The van der Waals surface area contributed by atoms with E-state index in [9.17, 15) is 23.1 Å². The number of aliphatic hydroxyl groups excluding tert-OH is 1. The lowest BCUT2D eigenvalue weighted by atomic mass is 9.95. The summed E-state index contributed by atoms with van der Waals surface area (Å²) in [5.74, 6) is -0.247. The minimum Gasteiger partial charge on any atom is -0.396 e. The molecule has 0 radical (unpaired) electrons. The molecular weight excluding hydrogens is 357 g/mol. The van der Waals surface area contributed by atoms with Crippen molar-refractivity contribution in [2.24, 2.45) is 11.8 Å². The Kier molecular flexibility index (Phi) is 6.11. The molecule has 150 valence electrons. The highest BCUT2D eigenvalue weighted by molar-refractivity contribution is 5.96. The van der Waals surface area contributed by atoms with Crippen molar-refractivity contribution in [3.8, 4) is 0 Å². The van der Waals surface area contributed by atoms with Gasteiger partial charge in [0.25, 0.3) is 5.91 Å². The molecule has 2 heterocycles. The molecule has 0 aromatic heterocycles.